The van der Waals surface area contributed by atoms with E-state index in [2.05, 4.69) is 19.8 Å². The number of aromatic nitrogens is 1. The summed E-state index contributed by atoms with van der Waals surface area (Å²) in [6, 6.07) is 6.98. The third-order valence-electron chi connectivity index (χ3n) is 3.65. The molecule has 27 heavy (non-hydrogen) atoms. The van der Waals surface area contributed by atoms with Crippen LogP contribution in [-0.2, 0) is 16.1 Å². The highest BCUT2D eigenvalue weighted by Gasteiger charge is 2.43. The molecule has 0 radical (unpaired) electrons. The fourth-order valence-electron chi connectivity index (χ4n) is 2.58. The van der Waals surface area contributed by atoms with Crippen LogP contribution >= 0.6 is 0 Å². The molecular weight excluding hydrogens is 382 g/mol. The number of halogens is 6. The molecule has 1 atom stereocenters. The number of rotatable bonds is 3. The van der Waals surface area contributed by atoms with Crippen molar-refractivity contribution in [3.05, 3.63) is 47.7 Å². The summed E-state index contributed by atoms with van der Waals surface area (Å²) in [7, 11) is 0. The smallest absolute Gasteiger partial charge is 0.436 e. The molecule has 1 aromatic carbocycles. The van der Waals surface area contributed by atoms with Crippen LogP contribution < -0.4 is 10.1 Å². The average Bonchev–Trinajstić information content (AvgIpc) is 2.95. The van der Waals surface area contributed by atoms with Crippen LogP contribution in [0.2, 0.25) is 0 Å². The van der Waals surface area contributed by atoms with Crippen molar-refractivity contribution in [3.8, 4) is 17.0 Å². The van der Waals surface area contributed by atoms with E-state index in [1.807, 2.05) is 0 Å². The molecule has 0 bridgehead atoms. The fourth-order valence-corrected chi connectivity index (χ4v) is 2.58. The largest absolute Gasteiger partial charge is 0.574 e. The van der Waals surface area contributed by atoms with Gasteiger partial charge >= 0.3 is 18.5 Å². The lowest BCUT2D eigenvalue weighted by atomic mass is 10.0. The Balaban J connectivity index is 1.88. The molecule has 1 N–H and O–H groups in total. The molecule has 11 heteroatoms. The van der Waals surface area contributed by atoms with E-state index in [4.69, 9.17) is 0 Å². The van der Waals surface area contributed by atoms with Gasteiger partial charge in [-0.3, -0.25) is 5.32 Å². The molecule has 0 spiro atoms. The summed E-state index contributed by atoms with van der Waals surface area (Å²) in [5.74, 6) is -3.00. The second-order valence-corrected chi connectivity index (χ2v) is 5.48. The lowest BCUT2D eigenvalue weighted by molar-refractivity contribution is -0.275. The molecular formula is C16H10F6N2O3. The van der Waals surface area contributed by atoms with Crippen LogP contribution in [0.5, 0.6) is 5.88 Å². The summed E-state index contributed by atoms with van der Waals surface area (Å²) in [5.41, 5.74) is 1.10. The predicted molar refractivity (Wildman–Crippen MR) is 78.1 cm³/mol. The van der Waals surface area contributed by atoms with Crippen molar-refractivity contribution >= 4 is 5.97 Å². The zero-order valence-electron chi connectivity index (χ0n) is 13.2. The third-order valence-corrected chi connectivity index (χ3v) is 3.65. The molecule has 3 rings (SSSR count). The van der Waals surface area contributed by atoms with Gasteiger partial charge in [0.05, 0.1) is 0 Å². The van der Waals surface area contributed by atoms with E-state index in [1.54, 1.807) is 0 Å². The number of ether oxygens (including phenoxy) is 2. The van der Waals surface area contributed by atoms with Gasteiger partial charge in [0.15, 0.2) is 6.23 Å². The van der Waals surface area contributed by atoms with Gasteiger partial charge < -0.3 is 9.47 Å². The first kappa shape index (κ1) is 19.0. The molecule has 144 valence electrons. The molecule has 1 unspecified atom stereocenters. The minimum Gasteiger partial charge on any atom is -0.436 e. The number of benzene rings is 1. The molecule has 2 aromatic rings. The lowest BCUT2D eigenvalue weighted by Gasteiger charge is -2.15. The number of esters is 1. The molecule has 0 amide bonds. The zero-order chi connectivity index (χ0) is 19.8. The molecule has 1 aliphatic heterocycles. The molecule has 1 aliphatic rings. The zero-order valence-corrected chi connectivity index (χ0v) is 13.2. The van der Waals surface area contributed by atoms with Crippen LogP contribution in [0.25, 0.3) is 11.1 Å². The number of fused-ring (bicyclic) bond motifs is 1. The van der Waals surface area contributed by atoms with Crippen LogP contribution in [0.4, 0.5) is 26.3 Å². The maximum absolute atomic E-state index is 12.5. The first-order chi connectivity index (χ1) is 12.5. The van der Waals surface area contributed by atoms with Gasteiger partial charge in [-0.25, -0.2) is 9.78 Å². The van der Waals surface area contributed by atoms with Gasteiger partial charge in [0.1, 0.15) is 0 Å². The second kappa shape index (κ2) is 6.72. The van der Waals surface area contributed by atoms with Crippen LogP contribution in [0.15, 0.2) is 36.5 Å². The van der Waals surface area contributed by atoms with Crippen LogP contribution in [0, 0.1) is 0 Å². The van der Waals surface area contributed by atoms with Crippen molar-refractivity contribution in [2.45, 2.75) is 25.3 Å². The molecule has 1 aromatic heterocycles. The standard InChI is InChI=1S/C16H10F6N2O3/c17-15(18,19)14(25)26-12-11-4-3-8(6-9(11)7-24-12)10-2-1-5-23-13(10)27-16(20,21)22/h1-6,12,24H,7H2. The summed E-state index contributed by atoms with van der Waals surface area (Å²) in [4.78, 5) is 14.5. The Bertz CT molecular complexity index is 866. The van der Waals surface area contributed by atoms with Crippen LogP contribution in [0.1, 0.15) is 17.4 Å². The normalized spacial score (nSPS) is 16.7. The first-order valence-corrected chi connectivity index (χ1v) is 7.40. The Morgan fingerprint density at radius 3 is 2.56 bits per heavy atom. The van der Waals surface area contributed by atoms with Crippen molar-refractivity contribution in [2.24, 2.45) is 0 Å². The predicted octanol–water partition coefficient (Wildman–Crippen LogP) is 3.85. The van der Waals surface area contributed by atoms with E-state index >= 15 is 0 Å². The summed E-state index contributed by atoms with van der Waals surface area (Å²) >= 11 is 0. The number of nitrogens with one attached hydrogen (secondary N) is 1. The van der Waals surface area contributed by atoms with Crippen LogP contribution in [0.3, 0.4) is 0 Å². The third kappa shape index (κ3) is 4.30. The number of carbonyl (C=O) groups excluding carboxylic acids is 1. The fraction of sp³-hybridized carbons (Fsp3) is 0.250. The molecule has 5 nitrogen and oxygen atoms in total. The summed E-state index contributed by atoms with van der Waals surface area (Å²) in [5, 5.41) is 2.59. The summed E-state index contributed by atoms with van der Waals surface area (Å²) in [6.45, 7) is 0.0642. The van der Waals surface area contributed by atoms with Crippen molar-refractivity contribution in [1.82, 2.24) is 10.3 Å². The first-order valence-electron chi connectivity index (χ1n) is 7.40. The lowest BCUT2D eigenvalue weighted by Crippen LogP contribution is -2.30. The minimum atomic E-state index is -5.14. The van der Waals surface area contributed by atoms with E-state index in [0.717, 1.165) is 6.20 Å². The highest BCUT2D eigenvalue weighted by atomic mass is 19.4. The maximum Gasteiger partial charge on any atom is 0.574 e. The molecule has 0 aliphatic carbocycles. The Kier molecular flexibility index (Phi) is 4.72. The van der Waals surface area contributed by atoms with Gasteiger partial charge in [-0.05, 0) is 29.3 Å². The quantitative estimate of drug-likeness (QED) is 0.635. The molecule has 0 fully saturated rings. The topological polar surface area (TPSA) is 60.5 Å². The van der Waals surface area contributed by atoms with Gasteiger partial charge in [0.25, 0.3) is 0 Å². The van der Waals surface area contributed by atoms with E-state index in [1.165, 1.54) is 30.3 Å². The number of pyridine rings is 1. The van der Waals surface area contributed by atoms with Gasteiger partial charge in [0.2, 0.25) is 5.88 Å². The summed E-state index contributed by atoms with van der Waals surface area (Å²) < 4.78 is 82.8. The molecule has 2 heterocycles. The van der Waals surface area contributed by atoms with Crippen molar-refractivity contribution in [1.29, 1.82) is 0 Å². The number of alkyl halides is 6. The van der Waals surface area contributed by atoms with Gasteiger partial charge in [-0.15, -0.1) is 13.2 Å². The van der Waals surface area contributed by atoms with Crippen molar-refractivity contribution < 1.29 is 40.6 Å². The van der Waals surface area contributed by atoms with Crippen LogP contribution in [-0.4, -0.2) is 23.5 Å². The highest BCUT2D eigenvalue weighted by Crippen LogP contribution is 2.36. The monoisotopic (exact) mass is 392 g/mol. The Morgan fingerprint density at radius 1 is 1.15 bits per heavy atom. The van der Waals surface area contributed by atoms with Crippen molar-refractivity contribution in [3.63, 3.8) is 0 Å². The number of nitrogens with zero attached hydrogens (tertiary/aromatic N) is 1. The van der Waals surface area contributed by atoms with E-state index in [-0.39, 0.29) is 17.7 Å². The van der Waals surface area contributed by atoms with E-state index < -0.39 is 30.6 Å². The molecule has 0 saturated heterocycles. The average molecular weight is 392 g/mol. The number of hydrogen-bond donors (Lipinski definition) is 1. The molecule has 0 saturated carbocycles. The number of carbonyl (C=O) groups is 1. The van der Waals surface area contributed by atoms with E-state index in [9.17, 15) is 31.1 Å². The van der Waals surface area contributed by atoms with Gasteiger partial charge in [-0.2, -0.15) is 13.2 Å². The summed E-state index contributed by atoms with van der Waals surface area (Å²) in [6.07, 6.45) is -10.2. The SMILES string of the molecule is O=C(OC1NCc2cc(-c3cccnc3OC(F)(F)F)ccc21)C(F)(F)F. The Hall–Kier alpha value is -2.82. The Labute approximate surface area is 147 Å². The van der Waals surface area contributed by atoms with Gasteiger partial charge in [-0.1, -0.05) is 12.1 Å². The second-order valence-electron chi connectivity index (χ2n) is 5.48. The number of hydrogen-bond acceptors (Lipinski definition) is 5. The maximum atomic E-state index is 12.5. The van der Waals surface area contributed by atoms with Gasteiger partial charge in [0, 0.05) is 23.9 Å². The van der Waals surface area contributed by atoms with E-state index in [0.29, 0.717) is 11.1 Å². The highest BCUT2D eigenvalue weighted by molar-refractivity contribution is 5.76. The Morgan fingerprint density at radius 2 is 1.89 bits per heavy atom. The van der Waals surface area contributed by atoms with Crippen molar-refractivity contribution in [2.75, 3.05) is 0 Å². The minimum absolute atomic E-state index is 0.0494.